The third-order valence-corrected chi connectivity index (χ3v) is 3.70. The second-order valence-electron chi connectivity index (χ2n) is 3.76. The van der Waals surface area contributed by atoms with Gasteiger partial charge in [0.1, 0.15) is 0 Å². The molecular formula is C9H11NO2S. The van der Waals surface area contributed by atoms with Crippen LogP contribution in [0.2, 0.25) is 0 Å². The van der Waals surface area contributed by atoms with Crippen LogP contribution in [0.25, 0.3) is 0 Å². The number of aromatic nitrogens is 1. The van der Waals surface area contributed by atoms with E-state index in [0.717, 1.165) is 9.88 Å². The van der Waals surface area contributed by atoms with Gasteiger partial charge < -0.3 is 5.11 Å². The molecule has 0 unspecified atom stereocenters. The predicted octanol–water partition coefficient (Wildman–Crippen LogP) is 1.82. The summed E-state index contributed by atoms with van der Waals surface area (Å²) in [6.07, 6.45) is 4.17. The lowest BCUT2D eigenvalue weighted by Crippen LogP contribution is -1.97. The highest BCUT2D eigenvalue weighted by molar-refractivity contribution is 7.11. The van der Waals surface area contributed by atoms with E-state index in [4.69, 9.17) is 5.11 Å². The number of hydrogen-bond donors (Lipinski definition) is 1. The molecule has 3 nitrogen and oxygen atoms in total. The van der Waals surface area contributed by atoms with Crippen LogP contribution >= 0.6 is 11.3 Å². The molecule has 1 N–H and O–H groups in total. The Hall–Kier alpha value is -0.900. The first kappa shape index (κ1) is 8.69. The van der Waals surface area contributed by atoms with Crippen LogP contribution in [0.1, 0.15) is 29.7 Å². The molecule has 1 heterocycles. The number of rotatable bonds is 3. The maximum atomic E-state index is 10.4. The van der Waals surface area contributed by atoms with E-state index in [-0.39, 0.29) is 11.8 Å². The Labute approximate surface area is 80.4 Å². The van der Waals surface area contributed by atoms with Crippen molar-refractivity contribution in [3.63, 3.8) is 0 Å². The Morgan fingerprint density at radius 2 is 2.46 bits per heavy atom. The highest BCUT2D eigenvalue weighted by atomic mass is 32.1. The quantitative estimate of drug-likeness (QED) is 0.804. The summed E-state index contributed by atoms with van der Waals surface area (Å²) < 4.78 is 0. The van der Waals surface area contributed by atoms with Crippen LogP contribution in [0.3, 0.4) is 0 Å². The first-order valence-corrected chi connectivity index (χ1v) is 5.09. The zero-order valence-electron chi connectivity index (χ0n) is 7.41. The third kappa shape index (κ3) is 1.72. The minimum Gasteiger partial charge on any atom is -0.481 e. The molecule has 0 aliphatic heterocycles. The van der Waals surface area contributed by atoms with Crippen LogP contribution in [0.5, 0.6) is 0 Å². The zero-order chi connectivity index (χ0) is 9.47. The van der Waals surface area contributed by atoms with Crippen LogP contribution in [-0.4, -0.2) is 16.1 Å². The number of nitrogens with zero attached hydrogens (tertiary/aromatic N) is 1. The molecule has 13 heavy (non-hydrogen) atoms. The minimum atomic E-state index is -0.781. The van der Waals surface area contributed by atoms with Crippen LogP contribution < -0.4 is 0 Å². The summed E-state index contributed by atoms with van der Waals surface area (Å²) in [6.45, 7) is 2.18. The van der Waals surface area contributed by atoms with Gasteiger partial charge in [-0.15, -0.1) is 11.3 Å². The van der Waals surface area contributed by atoms with E-state index in [1.54, 1.807) is 6.20 Å². The lowest BCUT2D eigenvalue weighted by atomic mass is 10.2. The molecule has 0 aromatic carbocycles. The van der Waals surface area contributed by atoms with Gasteiger partial charge in [-0.25, -0.2) is 4.98 Å². The lowest BCUT2D eigenvalue weighted by Gasteiger charge is -1.99. The fourth-order valence-electron chi connectivity index (χ4n) is 1.22. The van der Waals surface area contributed by atoms with Crippen molar-refractivity contribution in [1.82, 2.24) is 4.98 Å². The summed E-state index contributed by atoms with van der Waals surface area (Å²) >= 11 is 1.54. The van der Waals surface area contributed by atoms with Crippen molar-refractivity contribution in [2.24, 2.45) is 0 Å². The summed E-state index contributed by atoms with van der Waals surface area (Å²) in [5.41, 5.74) is 0.265. The van der Waals surface area contributed by atoms with Gasteiger partial charge >= 0.3 is 5.97 Å². The van der Waals surface area contributed by atoms with Gasteiger partial charge in [-0.3, -0.25) is 4.79 Å². The van der Waals surface area contributed by atoms with Crippen molar-refractivity contribution >= 4 is 17.3 Å². The van der Waals surface area contributed by atoms with E-state index >= 15 is 0 Å². The van der Waals surface area contributed by atoms with Gasteiger partial charge in [-0.05, 0) is 12.8 Å². The molecular weight excluding hydrogens is 186 g/mol. The second kappa shape index (κ2) is 2.80. The van der Waals surface area contributed by atoms with Crippen molar-refractivity contribution < 1.29 is 9.90 Å². The van der Waals surface area contributed by atoms with Gasteiger partial charge in [0.2, 0.25) is 0 Å². The topological polar surface area (TPSA) is 50.2 Å². The van der Waals surface area contributed by atoms with Gasteiger partial charge in [0.25, 0.3) is 0 Å². The van der Waals surface area contributed by atoms with Crippen molar-refractivity contribution in [3.8, 4) is 0 Å². The molecule has 2 rings (SSSR count). The molecule has 1 aliphatic carbocycles. The smallest absolute Gasteiger partial charge is 0.308 e. The fraction of sp³-hybridized carbons (Fsp3) is 0.556. The van der Waals surface area contributed by atoms with Gasteiger partial charge in [0.05, 0.1) is 11.4 Å². The molecule has 0 spiro atoms. The van der Waals surface area contributed by atoms with E-state index in [1.807, 2.05) is 0 Å². The lowest BCUT2D eigenvalue weighted by molar-refractivity contribution is -0.136. The second-order valence-corrected chi connectivity index (χ2v) is 4.88. The van der Waals surface area contributed by atoms with E-state index < -0.39 is 5.97 Å². The van der Waals surface area contributed by atoms with Crippen LogP contribution in [0.15, 0.2) is 6.20 Å². The molecule has 0 radical (unpaired) electrons. The molecule has 1 aromatic rings. The van der Waals surface area contributed by atoms with E-state index in [9.17, 15) is 4.79 Å². The fourth-order valence-corrected chi connectivity index (χ4v) is 2.32. The third-order valence-electron chi connectivity index (χ3n) is 2.40. The molecule has 1 fully saturated rings. The summed E-state index contributed by atoms with van der Waals surface area (Å²) in [5.74, 6) is -0.781. The summed E-state index contributed by atoms with van der Waals surface area (Å²) in [5, 5.41) is 9.67. The molecule has 1 aromatic heterocycles. The number of hydrogen-bond acceptors (Lipinski definition) is 3. The highest BCUT2D eigenvalue weighted by Gasteiger charge is 2.41. The molecule has 0 bridgehead atoms. The van der Waals surface area contributed by atoms with Crippen molar-refractivity contribution in [1.29, 1.82) is 0 Å². The van der Waals surface area contributed by atoms with Crippen molar-refractivity contribution in [3.05, 3.63) is 16.1 Å². The standard InChI is InChI=1S/C9H11NO2S/c1-9(2-3-9)8-10-5-6(13-8)4-7(11)12/h5H,2-4H2,1H3,(H,11,12). The SMILES string of the molecule is CC1(c2ncc(CC(=O)O)s2)CC1. The molecule has 0 amide bonds. The van der Waals surface area contributed by atoms with Gasteiger partial charge in [-0.2, -0.15) is 0 Å². The van der Waals surface area contributed by atoms with Gasteiger partial charge in [-0.1, -0.05) is 6.92 Å². The average molecular weight is 197 g/mol. The monoisotopic (exact) mass is 197 g/mol. The number of carbonyl (C=O) groups is 1. The van der Waals surface area contributed by atoms with E-state index in [1.165, 1.54) is 24.2 Å². The zero-order valence-corrected chi connectivity index (χ0v) is 8.23. The number of aliphatic carboxylic acids is 1. The predicted molar refractivity (Wildman–Crippen MR) is 50.0 cm³/mol. The maximum absolute atomic E-state index is 10.4. The summed E-state index contributed by atoms with van der Waals surface area (Å²) in [4.78, 5) is 15.5. The maximum Gasteiger partial charge on any atom is 0.308 e. The van der Waals surface area contributed by atoms with E-state index in [2.05, 4.69) is 11.9 Å². The molecule has 0 saturated heterocycles. The average Bonchev–Trinajstić information content (AvgIpc) is 2.62. The normalized spacial score (nSPS) is 18.5. The highest BCUT2D eigenvalue weighted by Crippen LogP contribution is 2.48. The van der Waals surface area contributed by atoms with Crippen LogP contribution in [-0.2, 0) is 16.6 Å². The number of thiazole rings is 1. The first-order chi connectivity index (χ1) is 6.10. The Bertz CT molecular complexity index is 341. The number of carboxylic acids is 1. The summed E-state index contributed by atoms with van der Waals surface area (Å²) in [7, 11) is 0. The molecule has 70 valence electrons. The molecule has 1 saturated carbocycles. The largest absolute Gasteiger partial charge is 0.481 e. The minimum absolute atomic E-state index is 0.105. The molecule has 1 aliphatic rings. The molecule has 4 heteroatoms. The first-order valence-electron chi connectivity index (χ1n) is 4.27. The van der Waals surface area contributed by atoms with Crippen LogP contribution in [0.4, 0.5) is 0 Å². The molecule has 0 atom stereocenters. The summed E-state index contributed by atoms with van der Waals surface area (Å²) in [6, 6.07) is 0. The van der Waals surface area contributed by atoms with Gasteiger partial charge in [0.15, 0.2) is 0 Å². The Balaban J connectivity index is 2.14. The van der Waals surface area contributed by atoms with Crippen molar-refractivity contribution in [2.45, 2.75) is 31.6 Å². The Morgan fingerprint density at radius 3 is 3.00 bits per heavy atom. The Kier molecular flexibility index (Phi) is 1.87. The van der Waals surface area contributed by atoms with Crippen LogP contribution in [0, 0.1) is 0 Å². The number of carboxylic acid groups (broad SMARTS) is 1. The Morgan fingerprint density at radius 1 is 1.77 bits per heavy atom. The van der Waals surface area contributed by atoms with Crippen molar-refractivity contribution in [2.75, 3.05) is 0 Å². The van der Waals surface area contributed by atoms with E-state index in [0.29, 0.717) is 0 Å². The van der Waals surface area contributed by atoms with Gasteiger partial charge in [0, 0.05) is 16.5 Å².